The smallest absolute Gasteiger partial charge is 0.238 e. The highest BCUT2D eigenvalue weighted by molar-refractivity contribution is 5.54. The van der Waals surface area contributed by atoms with Crippen LogP contribution in [0, 0.1) is 0 Å². The van der Waals surface area contributed by atoms with E-state index in [2.05, 4.69) is 16.8 Å². The van der Waals surface area contributed by atoms with Crippen molar-refractivity contribution in [2.75, 3.05) is 31.4 Å². The van der Waals surface area contributed by atoms with Crippen molar-refractivity contribution < 1.29 is 9.47 Å². The van der Waals surface area contributed by atoms with Crippen LogP contribution in [0.25, 0.3) is 0 Å². The van der Waals surface area contributed by atoms with Crippen molar-refractivity contribution in [1.82, 2.24) is 4.98 Å². The quantitative estimate of drug-likeness (QED) is 0.858. The number of rotatable bonds is 3. The Morgan fingerprint density at radius 2 is 2.29 bits per heavy atom. The van der Waals surface area contributed by atoms with Gasteiger partial charge in [-0.25, -0.2) is 0 Å². The third-order valence-electron chi connectivity index (χ3n) is 3.26. The predicted octanol–water partition coefficient (Wildman–Crippen LogP) is 1.29. The Kier molecular flexibility index (Phi) is 3.38. The highest BCUT2D eigenvalue weighted by Crippen LogP contribution is 2.26. The molecule has 0 bridgehead atoms. The molecule has 1 aromatic heterocycles. The van der Waals surface area contributed by atoms with Gasteiger partial charge in [-0.2, -0.15) is 4.98 Å². The van der Waals surface area contributed by atoms with E-state index in [1.807, 2.05) is 19.2 Å². The largest absolute Gasteiger partial charge is 0.479 e. The molecule has 1 fully saturated rings. The van der Waals surface area contributed by atoms with Crippen LogP contribution in [0.15, 0.2) is 12.1 Å². The Morgan fingerprint density at radius 3 is 2.88 bits per heavy atom. The van der Waals surface area contributed by atoms with Gasteiger partial charge >= 0.3 is 0 Å². The van der Waals surface area contributed by atoms with Gasteiger partial charge in [0.25, 0.3) is 0 Å². The van der Waals surface area contributed by atoms with Crippen molar-refractivity contribution >= 4 is 11.5 Å². The summed E-state index contributed by atoms with van der Waals surface area (Å²) < 4.78 is 10.7. The second-order valence-electron chi connectivity index (χ2n) is 4.31. The molecule has 1 aliphatic rings. The van der Waals surface area contributed by atoms with Gasteiger partial charge in [0.1, 0.15) is 5.82 Å². The van der Waals surface area contributed by atoms with E-state index in [0.29, 0.717) is 17.6 Å². The van der Waals surface area contributed by atoms with Gasteiger partial charge in [-0.1, -0.05) is 0 Å². The molecule has 2 unspecified atom stereocenters. The summed E-state index contributed by atoms with van der Waals surface area (Å²) in [4.78, 5) is 6.52. The van der Waals surface area contributed by atoms with Crippen molar-refractivity contribution in [3.63, 3.8) is 0 Å². The van der Waals surface area contributed by atoms with Crippen LogP contribution in [0.1, 0.15) is 13.3 Å². The van der Waals surface area contributed by atoms with Crippen LogP contribution in [0.5, 0.6) is 5.88 Å². The van der Waals surface area contributed by atoms with Crippen molar-refractivity contribution in [2.24, 2.45) is 0 Å². The molecular weight excluding hydrogens is 218 g/mol. The molecule has 2 N–H and O–H groups in total. The van der Waals surface area contributed by atoms with Crippen LogP contribution < -0.4 is 15.4 Å². The third-order valence-corrected chi connectivity index (χ3v) is 3.26. The molecule has 2 heterocycles. The van der Waals surface area contributed by atoms with Crippen LogP contribution >= 0.6 is 0 Å². The second-order valence-corrected chi connectivity index (χ2v) is 4.31. The van der Waals surface area contributed by atoms with E-state index in [9.17, 15) is 0 Å². The van der Waals surface area contributed by atoms with Crippen LogP contribution in [0.4, 0.5) is 11.5 Å². The fourth-order valence-electron chi connectivity index (χ4n) is 2.20. The molecule has 5 nitrogen and oxygen atoms in total. The summed E-state index contributed by atoms with van der Waals surface area (Å²) in [7, 11) is 3.59. The first-order valence-corrected chi connectivity index (χ1v) is 5.78. The van der Waals surface area contributed by atoms with E-state index in [0.717, 1.165) is 18.8 Å². The summed E-state index contributed by atoms with van der Waals surface area (Å²) in [6.45, 7) is 2.89. The molecule has 0 aliphatic carbocycles. The number of methoxy groups -OCH3 is 1. The molecule has 0 aromatic carbocycles. The van der Waals surface area contributed by atoms with Gasteiger partial charge in [0, 0.05) is 13.7 Å². The van der Waals surface area contributed by atoms with Gasteiger partial charge in [0.15, 0.2) is 0 Å². The number of hydrogen-bond donors (Lipinski definition) is 1. The minimum atomic E-state index is 0.227. The lowest BCUT2D eigenvalue weighted by Gasteiger charge is -2.28. The number of likely N-dealkylation sites (N-methyl/N-ethyl adjacent to an activating group) is 1. The number of nitrogens with zero attached hydrogens (tertiary/aromatic N) is 2. The van der Waals surface area contributed by atoms with E-state index < -0.39 is 0 Å². The lowest BCUT2D eigenvalue weighted by atomic mass is 10.1. The fraction of sp³-hybridized carbons (Fsp3) is 0.583. The molecule has 1 aromatic rings. The second kappa shape index (κ2) is 4.79. The predicted molar refractivity (Wildman–Crippen MR) is 67.4 cm³/mol. The average Bonchev–Trinajstić information content (AvgIpc) is 2.75. The van der Waals surface area contributed by atoms with Crippen molar-refractivity contribution in [3.8, 4) is 5.88 Å². The van der Waals surface area contributed by atoms with Gasteiger partial charge in [-0.05, 0) is 25.5 Å². The molecular formula is C12H19N3O2. The normalized spacial score (nSPS) is 23.7. The van der Waals surface area contributed by atoms with Gasteiger partial charge < -0.3 is 20.1 Å². The molecule has 94 valence electrons. The van der Waals surface area contributed by atoms with Crippen LogP contribution in [0.3, 0.4) is 0 Å². The zero-order valence-corrected chi connectivity index (χ0v) is 10.5. The number of hydrogen-bond acceptors (Lipinski definition) is 5. The van der Waals surface area contributed by atoms with E-state index in [1.54, 1.807) is 7.11 Å². The summed E-state index contributed by atoms with van der Waals surface area (Å²) in [6.07, 6.45) is 1.25. The summed E-state index contributed by atoms with van der Waals surface area (Å²) in [6, 6.07) is 4.08. The molecule has 1 saturated heterocycles. The molecule has 17 heavy (non-hydrogen) atoms. The van der Waals surface area contributed by atoms with Gasteiger partial charge in [-0.3, -0.25) is 0 Å². The van der Waals surface area contributed by atoms with Gasteiger partial charge in [0.2, 0.25) is 5.88 Å². The minimum Gasteiger partial charge on any atom is -0.479 e. The number of nitrogens with two attached hydrogens (primary N) is 1. The van der Waals surface area contributed by atoms with E-state index in [-0.39, 0.29) is 6.10 Å². The lowest BCUT2D eigenvalue weighted by molar-refractivity contribution is 0.118. The van der Waals surface area contributed by atoms with Crippen molar-refractivity contribution in [1.29, 1.82) is 0 Å². The number of ether oxygens (including phenoxy) is 2. The number of nitrogen functional groups attached to an aromatic ring is 1. The maximum atomic E-state index is 5.75. The Bertz CT molecular complexity index is 397. The molecule has 0 saturated carbocycles. The van der Waals surface area contributed by atoms with Crippen LogP contribution in [-0.4, -0.2) is 37.9 Å². The summed E-state index contributed by atoms with van der Waals surface area (Å²) >= 11 is 0. The Labute approximate surface area is 102 Å². The number of pyridine rings is 1. The monoisotopic (exact) mass is 237 g/mol. The zero-order chi connectivity index (χ0) is 12.4. The minimum absolute atomic E-state index is 0.227. The molecule has 2 rings (SSSR count). The van der Waals surface area contributed by atoms with Gasteiger partial charge in [0.05, 0.1) is 24.9 Å². The molecule has 5 heteroatoms. The highest BCUT2D eigenvalue weighted by atomic mass is 16.5. The first kappa shape index (κ1) is 12.0. The fourth-order valence-corrected chi connectivity index (χ4v) is 2.20. The molecule has 0 amide bonds. The summed E-state index contributed by atoms with van der Waals surface area (Å²) in [5.41, 5.74) is 6.31. The summed E-state index contributed by atoms with van der Waals surface area (Å²) in [5, 5.41) is 0. The topological polar surface area (TPSA) is 60.6 Å². The molecule has 0 spiro atoms. The van der Waals surface area contributed by atoms with Crippen molar-refractivity contribution in [3.05, 3.63) is 12.1 Å². The van der Waals surface area contributed by atoms with Gasteiger partial charge in [-0.15, -0.1) is 0 Å². The SMILES string of the molecule is COc1nc(N(C)C2CCOC2C)ccc1N. The first-order valence-electron chi connectivity index (χ1n) is 5.78. The van der Waals surface area contributed by atoms with Crippen LogP contribution in [-0.2, 0) is 4.74 Å². The van der Waals surface area contributed by atoms with Crippen molar-refractivity contribution in [2.45, 2.75) is 25.5 Å². The Balaban J connectivity index is 2.21. The maximum absolute atomic E-state index is 5.75. The zero-order valence-electron chi connectivity index (χ0n) is 10.5. The van der Waals surface area contributed by atoms with E-state index >= 15 is 0 Å². The highest BCUT2D eigenvalue weighted by Gasteiger charge is 2.28. The van der Waals surface area contributed by atoms with E-state index in [4.69, 9.17) is 15.2 Å². The van der Waals surface area contributed by atoms with Crippen LogP contribution in [0.2, 0.25) is 0 Å². The average molecular weight is 237 g/mol. The first-order chi connectivity index (χ1) is 8.13. The number of aromatic nitrogens is 1. The third kappa shape index (κ3) is 2.29. The summed E-state index contributed by atoms with van der Waals surface area (Å²) in [5.74, 6) is 1.33. The maximum Gasteiger partial charge on any atom is 0.238 e. The molecule has 0 radical (unpaired) electrons. The lowest BCUT2D eigenvalue weighted by Crippen LogP contribution is -2.37. The number of anilines is 2. The molecule has 1 aliphatic heterocycles. The Morgan fingerprint density at radius 1 is 1.53 bits per heavy atom. The molecule has 2 atom stereocenters. The standard InChI is InChI=1S/C12H19N3O2/c1-8-10(6-7-17-8)15(2)11-5-4-9(13)12(14-11)16-3/h4-5,8,10H,6-7,13H2,1-3H3. The van der Waals surface area contributed by atoms with E-state index in [1.165, 1.54) is 0 Å². The Hall–Kier alpha value is -1.49.